The molecule has 1 fully saturated rings. The van der Waals surface area contributed by atoms with Crippen molar-refractivity contribution in [2.75, 3.05) is 31.1 Å². The van der Waals surface area contributed by atoms with E-state index < -0.39 is 5.60 Å². The molecule has 0 aromatic carbocycles. The Balaban J connectivity index is 0.00000300. The van der Waals surface area contributed by atoms with E-state index in [-0.39, 0.29) is 24.0 Å². The highest BCUT2D eigenvalue weighted by Crippen LogP contribution is 2.22. The Labute approximate surface area is 190 Å². The minimum atomic E-state index is -1.12. The summed E-state index contributed by atoms with van der Waals surface area (Å²) < 4.78 is 5.57. The maximum absolute atomic E-state index is 10.7. The first-order valence-corrected chi connectivity index (χ1v) is 9.99. The molecule has 2 aromatic heterocycles. The van der Waals surface area contributed by atoms with Gasteiger partial charge in [-0.3, -0.25) is 0 Å². The van der Waals surface area contributed by atoms with Crippen LogP contribution in [0, 0.1) is 6.92 Å². The summed E-state index contributed by atoms with van der Waals surface area (Å²) in [5, 5.41) is 17.1. The van der Waals surface area contributed by atoms with Crippen LogP contribution in [-0.4, -0.2) is 42.2 Å². The van der Waals surface area contributed by atoms with E-state index >= 15 is 0 Å². The van der Waals surface area contributed by atoms with Gasteiger partial charge < -0.3 is 25.1 Å². The summed E-state index contributed by atoms with van der Waals surface area (Å²) in [7, 11) is 0. The lowest BCUT2D eigenvalue weighted by molar-refractivity contribution is 0.0378. The molecule has 1 atom stereocenters. The van der Waals surface area contributed by atoms with Gasteiger partial charge in [-0.25, -0.2) is 9.98 Å². The molecule has 3 rings (SSSR count). The summed E-state index contributed by atoms with van der Waals surface area (Å²) >= 11 is 0. The molecule has 2 aromatic rings. The van der Waals surface area contributed by atoms with Crippen LogP contribution in [0.25, 0.3) is 0 Å². The maximum Gasteiger partial charge on any atom is 0.191 e. The molecule has 7 nitrogen and oxygen atoms in total. The summed E-state index contributed by atoms with van der Waals surface area (Å²) in [5.41, 5.74) is -0.00754. The van der Waals surface area contributed by atoms with E-state index in [0.717, 1.165) is 36.8 Å². The van der Waals surface area contributed by atoms with E-state index in [1.807, 2.05) is 32.2 Å². The number of halogens is 1. The molecule has 3 N–H and O–H groups in total. The molecular weight excluding hydrogens is 481 g/mol. The van der Waals surface area contributed by atoms with Crippen LogP contribution in [0.15, 0.2) is 39.9 Å². The highest BCUT2D eigenvalue weighted by atomic mass is 127. The predicted octanol–water partition coefficient (Wildman–Crippen LogP) is 3.16. The molecule has 0 spiro atoms. The second kappa shape index (κ2) is 10.8. The summed E-state index contributed by atoms with van der Waals surface area (Å²) in [4.78, 5) is 11.5. The summed E-state index contributed by atoms with van der Waals surface area (Å²) in [6.45, 7) is 9.33. The molecule has 3 heterocycles. The van der Waals surface area contributed by atoms with Gasteiger partial charge >= 0.3 is 0 Å². The van der Waals surface area contributed by atoms with Gasteiger partial charge in [-0.05, 0) is 63.4 Å². The van der Waals surface area contributed by atoms with Gasteiger partial charge in [0.1, 0.15) is 22.9 Å². The number of furan rings is 1. The molecule has 1 aliphatic rings. The van der Waals surface area contributed by atoms with Crippen molar-refractivity contribution in [2.45, 2.75) is 45.8 Å². The number of hydrogen-bond donors (Lipinski definition) is 3. The van der Waals surface area contributed by atoms with E-state index in [1.165, 1.54) is 12.8 Å². The van der Waals surface area contributed by atoms with Crippen molar-refractivity contribution in [2.24, 2.45) is 4.99 Å². The number of nitrogens with zero attached hydrogens (tertiary/aromatic N) is 3. The topological polar surface area (TPSA) is 85.9 Å². The van der Waals surface area contributed by atoms with Crippen molar-refractivity contribution >= 4 is 35.8 Å². The van der Waals surface area contributed by atoms with Gasteiger partial charge in [0.2, 0.25) is 0 Å². The number of aryl methyl sites for hydroxylation is 1. The zero-order valence-corrected chi connectivity index (χ0v) is 19.8. The smallest absolute Gasteiger partial charge is 0.191 e. The standard InChI is InChI=1S/C21H31N5O2.HI/c1-4-22-20(25-15-21(3,27)18-8-7-16(2)28-18)24-14-17-9-10-23-19(13-17)26-11-5-6-12-26;/h7-10,13,27H,4-6,11-12,14-15H2,1-3H3,(H2,22,24,25);1H. The SMILES string of the molecule is CCNC(=NCc1ccnc(N2CCCC2)c1)NCC(C)(O)c1ccc(C)o1.I. The number of pyridine rings is 1. The van der Waals surface area contributed by atoms with Crippen LogP contribution in [0.1, 0.15) is 43.8 Å². The molecule has 0 bridgehead atoms. The van der Waals surface area contributed by atoms with Crippen LogP contribution in [0.4, 0.5) is 5.82 Å². The van der Waals surface area contributed by atoms with Crippen LogP contribution in [0.5, 0.6) is 0 Å². The van der Waals surface area contributed by atoms with Crippen molar-refractivity contribution in [1.82, 2.24) is 15.6 Å². The van der Waals surface area contributed by atoms with Gasteiger partial charge in [0.05, 0.1) is 13.1 Å². The third kappa shape index (κ3) is 6.60. The number of aliphatic hydroxyl groups is 1. The van der Waals surface area contributed by atoms with E-state index in [4.69, 9.17) is 4.42 Å². The Kier molecular flexibility index (Phi) is 8.76. The number of guanidine groups is 1. The number of anilines is 1. The van der Waals surface area contributed by atoms with Gasteiger partial charge in [0, 0.05) is 25.8 Å². The van der Waals surface area contributed by atoms with Gasteiger partial charge in [0.25, 0.3) is 0 Å². The van der Waals surface area contributed by atoms with Crippen molar-refractivity contribution in [3.8, 4) is 0 Å². The Bertz CT molecular complexity index is 800. The minimum absolute atomic E-state index is 0. The number of nitrogens with one attached hydrogen (secondary N) is 2. The zero-order chi connectivity index (χ0) is 20.0. The molecule has 1 unspecified atom stereocenters. The second-order valence-corrected chi connectivity index (χ2v) is 7.45. The Hall–Kier alpha value is -1.81. The van der Waals surface area contributed by atoms with Gasteiger partial charge in [0.15, 0.2) is 5.96 Å². The van der Waals surface area contributed by atoms with Crippen LogP contribution in [0.2, 0.25) is 0 Å². The van der Waals surface area contributed by atoms with Crippen LogP contribution in [0.3, 0.4) is 0 Å². The normalized spacial score (nSPS) is 16.3. The van der Waals surface area contributed by atoms with Crippen LogP contribution in [-0.2, 0) is 12.1 Å². The first-order valence-electron chi connectivity index (χ1n) is 9.99. The highest BCUT2D eigenvalue weighted by Gasteiger charge is 2.27. The lowest BCUT2D eigenvalue weighted by atomic mass is 10.0. The first kappa shape index (κ1) is 23.5. The number of hydrogen-bond acceptors (Lipinski definition) is 5. The van der Waals surface area contributed by atoms with Gasteiger partial charge in [-0.2, -0.15) is 0 Å². The average Bonchev–Trinajstić information content (AvgIpc) is 3.36. The molecular formula is C21H32IN5O2. The fourth-order valence-corrected chi connectivity index (χ4v) is 3.26. The summed E-state index contributed by atoms with van der Waals surface area (Å²) in [5.74, 6) is 3.00. The third-order valence-corrected chi connectivity index (χ3v) is 4.88. The Morgan fingerprint density at radius 2 is 2.03 bits per heavy atom. The minimum Gasteiger partial charge on any atom is -0.463 e. The quantitative estimate of drug-likeness (QED) is 0.300. The van der Waals surface area contributed by atoms with E-state index in [9.17, 15) is 5.11 Å². The van der Waals surface area contributed by atoms with Gasteiger partial charge in [-0.1, -0.05) is 0 Å². The molecule has 1 saturated heterocycles. The zero-order valence-electron chi connectivity index (χ0n) is 17.4. The van der Waals surface area contributed by atoms with E-state index in [0.29, 0.717) is 24.8 Å². The van der Waals surface area contributed by atoms with Crippen LogP contribution >= 0.6 is 24.0 Å². The lowest BCUT2D eigenvalue weighted by Crippen LogP contribution is -2.44. The van der Waals surface area contributed by atoms with Crippen molar-refractivity contribution in [3.05, 3.63) is 47.5 Å². The van der Waals surface area contributed by atoms with Crippen molar-refractivity contribution < 1.29 is 9.52 Å². The Morgan fingerprint density at radius 1 is 1.28 bits per heavy atom. The molecule has 0 amide bonds. The Morgan fingerprint density at radius 3 is 2.69 bits per heavy atom. The third-order valence-electron chi connectivity index (χ3n) is 4.88. The van der Waals surface area contributed by atoms with Crippen molar-refractivity contribution in [1.29, 1.82) is 0 Å². The largest absolute Gasteiger partial charge is 0.463 e. The number of aromatic nitrogens is 1. The van der Waals surface area contributed by atoms with Crippen molar-refractivity contribution in [3.63, 3.8) is 0 Å². The average molecular weight is 513 g/mol. The van der Waals surface area contributed by atoms with E-state index in [1.54, 1.807) is 13.0 Å². The summed E-state index contributed by atoms with van der Waals surface area (Å²) in [6.07, 6.45) is 4.31. The molecule has 1 aliphatic heterocycles. The molecule has 8 heteroatoms. The fourth-order valence-electron chi connectivity index (χ4n) is 3.26. The van der Waals surface area contributed by atoms with Crippen LogP contribution < -0.4 is 15.5 Å². The number of rotatable bonds is 7. The molecule has 0 aliphatic carbocycles. The van der Waals surface area contributed by atoms with E-state index in [2.05, 4.69) is 31.6 Å². The molecule has 0 saturated carbocycles. The maximum atomic E-state index is 10.7. The predicted molar refractivity (Wildman–Crippen MR) is 127 cm³/mol. The highest BCUT2D eigenvalue weighted by molar-refractivity contribution is 14.0. The monoisotopic (exact) mass is 513 g/mol. The summed E-state index contributed by atoms with van der Waals surface area (Å²) in [6, 6.07) is 7.76. The lowest BCUT2D eigenvalue weighted by Gasteiger charge is -2.23. The second-order valence-electron chi connectivity index (χ2n) is 7.45. The molecule has 29 heavy (non-hydrogen) atoms. The molecule has 0 radical (unpaired) electrons. The number of aliphatic imine (C=N–C) groups is 1. The first-order chi connectivity index (χ1) is 13.5. The van der Waals surface area contributed by atoms with Gasteiger partial charge in [-0.15, -0.1) is 24.0 Å². The molecule has 160 valence electrons. The fraction of sp³-hybridized carbons (Fsp3) is 0.524.